The number of amides is 1. The Morgan fingerprint density at radius 1 is 1.07 bits per heavy atom. The fraction of sp³-hybridized carbons (Fsp3) is 0.158. The third-order valence-electron chi connectivity index (χ3n) is 3.95. The standard InChI is InChI=1S/C19H16F3N3O2/c1-27-14-9-5-8-13(10-14)17(12-6-3-2-4-7-12)23-18(26)15-11-16(25-24-15)19(20,21)22/h2-11,17H,1H3,(H,23,26)(H,24,25)/t17-/m1/s1. The summed E-state index contributed by atoms with van der Waals surface area (Å²) in [6.07, 6.45) is -4.60. The highest BCUT2D eigenvalue weighted by Crippen LogP contribution is 2.28. The summed E-state index contributed by atoms with van der Waals surface area (Å²) in [5.41, 5.74) is 0.0719. The molecule has 27 heavy (non-hydrogen) atoms. The zero-order valence-corrected chi connectivity index (χ0v) is 14.2. The fourth-order valence-electron chi connectivity index (χ4n) is 2.61. The number of nitrogens with zero attached hydrogens (tertiary/aromatic N) is 1. The number of rotatable bonds is 5. The number of H-pyrrole nitrogens is 1. The lowest BCUT2D eigenvalue weighted by atomic mass is 9.98. The van der Waals surface area contributed by atoms with Gasteiger partial charge in [0.25, 0.3) is 5.91 Å². The van der Waals surface area contributed by atoms with E-state index >= 15 is 0 Å². The number of benzene rings is 2. The predicted octanol–water partition coefficient (Wildman–Crippen LogP) is 3.96. The maximum Gasteiger partial charge on any atom is 0.432 e. The molecule has 140 valence electrons. The molecular weight excluding hydrogens is 359 g/mol. The van der Waals surface area contributed by atoms with E-state index in [-0.39, 0.29) is 5.69 Å². The average Bonchev–Trinajstić information content (AvgIpc) is 3.17. The van der Waals surface area contributed by atoms with E-state index in [0.717, 1.165) is 11.1 Å². The van der Waals surface area contributed by atoms with Gasteiger partial charge in [-0.2, -0.15) is 18.3 Å². The topological polar surface area (TPSA) is 67.0 Å². The van der Waals surface area contributed by atoms with Crippen LogP contribution >= 0.6 is 0 Å². The molecule has 1 aromatic heterocycles. The van der Waals surface area contributed by atoms with E-state index in [4.69, 9.17) is 4.74 Å². The van der Waals surface area contributed by atoms with Crippen molar-refractivity contribution < 1.29 is 22.7 Å². The summed E-state index contributed by atoms with van der Waals surface area (Å²) in [6, 6.07) is 16.3. The van der Waals surface area contributed by atoms with Crippen LogP contribution in [0.15, 0.2) is 60.7 Å². The van der Waals surface area contributed by atoms with Gasteiger partial charge in [-0.25, -0.2) is 0 Å². The van der Waals surface area contributed by atoms with E-state index in [0.29, 0.717) is 11.8 Å². The predicted molar refractivity (Wildman–Crippen MR) is 92.3 cm³/mol. The normalized spacial score (nSPS) is 12.4. The Kier molecular flexibility index (Phi) is 5.16. The van der Waals surface area contributed by atoms with Crippen LogP contribution in [0, 0.1) is 0 Å². The zero-order chi connectivity index (χ0) is 19.4. The molecule has 5 nitrogen and oxygen atoms in total. The van der Waals surface area contributed by atoms with Crippen LogP contribution in [0.3, 0.4) is 0 Å². The van der Waals surface area contributed by atoms with Crippen molar-refractivity contribution in [2.45, 2.75) is 12.2 Å². The number of carbonyl (C=O) groups is 1. The highest BCUT2D eigenvalue weighted by molar-refractivity contribution is 5.92. The lowest BCUT2D eigenvalue weighted by Crippen LogP contribution is -2.29. The maximum atomic E-state index is 12.7. The largest absolute Gasteiger partial charge is 0.497 e. The smallest absolute Gasteiger partial charge is 0.432 e. The van der Waals surface area contributed by atoms with Crippen LogP contribution in [-0.4, -0.2) is 23.2 Å². The number of hydrogen-bond acceptors (Lipinski definition) is 3. The molecular formula is C19H16F3N3O2. The quantitative estimate of drug-likeness (QED) is 0.709. The van der Waals surface area contributed by atoms with Gasteiger partial charge >= 0.3 is 6.18 Å². The summed E-state index contributed by atoms with van der Waals surface area (Å²) < 4.78 is 43.4. The number of methoxy groups -OCH3 is 1. The van der Waals surface area contributed by atoms with E-state index in [1.165, 1.54) is 7.11 Å². The van der Waals surface area contributed by atoms with Gasteiger partial charge in [-0.1, -0.05) is 42.5 Å². The van der Waals surface area contributed by atoms with Crippen molar-refractivity contribution in [2.75, 3.05) is 7.11 Å². The molecule has 2 N–H and O–H groups in total. The Hall–Kier alpha value is -3.29. The van der Waals surface area contributed by atoms with Crippen molar-refractivity contribution in [3.8, 4) is 5.75 Å². The monoisotopic (exact) mass is 375 g/mol. The molecule has 1 amide bonds. The number of nitrogens with one attached hydrogen (secondary N) is 2. The third-order valence-corrected chi connectivity index (χ3v) is 3.95. The summed E-state index contributed by atoms with van der Waals surface area (Å²) in [5.74, 6) is -0.125. The Morgan fingerprint density at radius 3 is 2.41 bits per heavy atom. The number of aromatic nitrogens is 2. The molecule has 0 radical (unpaired) electrons. The molecule has 0 aliphatic heterocycles. The van der Waals surface area contributed by atoms with Crippen molar-refractivity contribution >= 4 is 5.91 Å². The zero-order valence-electron chi connectivity index (χ0n) is 14.2. The molecule has 0 fully saturated rings. The first-order valence-electron chi connectivity index (χ1n) is 8.01. The van der Waals surface area contributed by atoms with Crippen LogP contribution in [0.4, 0.5) is 13.2 Å². The number of carbonyl (C=O) groups excluding carboxylic acids is 1. The van der Waals surface area contributed by atoms with Gasteiger partial charge in [-0.05, 0) is 23.3 Å². The van der Waals surface area contributed by atoms with Gasteiger partial charge in [0.15, 0.2) is 5.69 Å². The second-order valence-electron chi connectivity index (χ2n) is 5.76. The van der Waals surface area contributed by atoms with Crippen LogP contribution in [0.5, 0.6) is 5.75 Å². The first-order chi connectivity index (χ1) is 12.9. The molecule has 0 bridgehead atoms. The second-order valence-corrected chi connectivity index (χ2v) is 5.76. The Bertz CT molecular complexity index is 923. The van der Waals surface area contributed by atoms with Gasteiger partial charge in [0.1, 0.15) is 11.4 Å². The number of hydrogen-bond donors (Lipinski definition) is 2. The Morgan fingerprint density at radius 2 is 1.78 bits per heavy atom. The molecule has 0 spiro atoms. The van der Waals surface area contributed by atoms with Crippen LogP contribution in [0.25, 0.3) is 0 Å². The van der Waals surface area contributed by atoms with Crippen LogP contribution in [0.2, 0.25) is 0 Å². The summed E-state index contributed by atoms with van der Waals surface area (Å²) in [4.78, 5) is 12.5. The minimum atomic E-state index is -4.60. The van der Waals surface area contributed by atoms with E-state index in [9.17, 15) is 18.0 Å². The Labute approximate surface area is 153 Å². The number of aromatic amines is 1. The van der Waals surface area contributed by atoms with Crippen LogP contribution in [-0.2, 0) is 6.18 Å². The van der Waals surface area contributed by atoms with Gasteiger partial charge in [-0.3, -0.25) is 9.89 Å². The van der Waals surface area contributed by atoms with E-state index in [1.807, 2.05) is 35.4 Å². The van der Waals surface area contributed by atoms with Gasteiger partial charge in [0.05, 0.1) is 13.2 Å². The van der Waals surface area contributed by atoms with Gasteiger partial charge in [-0.15, -0.1) is 0 Å². The van der Waals surface area contributed by atoms with Crippen LogP contribution in [0.1, 0.15) is 33.4 Å². The summed E-state index contributed by atoms with van der Waals surface area (Å²) >= 11 is 0. The number of halogens is 3. The van der Waals surface area contributed by atoms with Crippen molar-refractivity contribution in [1.29, 1.82) is 0 Å². The van der Waals surface area contributed by atoms with Gasteiger partial charge in [0.2, 0.25) is 0 Å². The SMILES string of the molecule is COc1cccc([C@H](NC(=O)c2cc(C(F)(F)F)[nH]n2)c2ccccc2)c1. The minimum Gasteiger partial charge on any atom is -0.497 e. The molecule has 1 heterocycles. The second kappa shape index (κ2) is 7.53. The molecule has 0 saturated heterocycles. The van der Waals surface area contributed by atoms with Crippen molar-refractivity contribution in [2.24, 2.45) is 0 Å². The average molecular weight is 375 g/mol. The van der Waals surface area contributed by atoms with E-state index in [2.05, 4.69) is 10.4 Å². The summed E-state index contributed by atoms with van der Waals surface area (Å²) in [6.45, 7) is 0. The lowest BCUT2D eigenvalue weighted by molar-refractivity contribution is -0.141. The molecule has 8 heteroatoms. The molecule has 3 rings (SSSR count). The van der Waals surface area contributed by atoms with Crippen molar-refractivity contribution in [1.82, 2.24) is 15.5 Å². The van der Waals surface area contributed by atoms with Gasteiger partial charge < -0.3 is 10.1 Å². The molecule has 0 unspecified atom stereocenters. The number of alkyl halides is 3. The maximum absolute atomic E-state index is 12.7. The fourth-order valence-corrected chi connectivity index (χ4v) is 2.61. The highest BCUT2D eigenvalue weighted by Gasteiger charge is 2.34. The first-order valence-corrected chi connectivity index (χ1v) is 8.01. The molecule has 1 atom stereocenters. The van der Waals surface area contributed by atoms with Gasteiger partial charge in [0, 0.05) is 6.07 Å². The van der Waals surface area contributed by atoms with E-state index < -0.39 is 23.8 Å². The first kappa shape index (κ1) is 18.5. The van der Waals surface area contributed by atoms with Crippen molar-refractivity contribution in [3.05, 3.63) is 83.2 Å². The Balaban J connectivity index is 1.92. The molecule has 0 aliphatic carbocycles. The molecule has 2 aromatic carbocycles. The van der Waals surface area contributed by atoms with Crippen LogP contribution < -0.4 is 10.1 Å². The lowest BCUT2D eigenvalue weighted by Gasteiger charge is -2.20. The highest BCUT2D eigenvalue weighted by atomic mass is 19.4. The summed E-state index contributed by atoms with van der Waals surface area (Å²) in [5, 5.41) is 8.05. The molecule has 0 aliphatic rings. The number of ether oxygens (including phenoxy) is 1. The van der Waals surface area contributed by atoms with E-state index in [1.54, 1.807) is 24.3 Å². The summed E-state index contributed by atoms with van der Waals surface area (Å²) in [7, 11) is 1.53. The van der Waals surface area contributed by atoms with Crippen molar-refractivity contribution in [3.63, 3.8) is 0 Å². The minimum absolute atomic E-state index is 0.342. The molecule has 3 aromatic rings. The third kappa shape index (κ3) is 4.28. The molecule has 0 saturated carbocycles.